The molecule has 1 spiro atoms. The summed E-state index contributed by atoms with van der Waals surface area (Å²) in [6, 6.07) is 48.4. The highest BCUT2D eigenvalue weighted by atomic mass is 19.4. The molecule has 3 fully saturated rings. The fourth-order valence-electron chi connectivity index (χ4n) is 14.4. The first kappa shape index (κ1) is 76.8. The third-order valence-electron chi connectivity index (χ3n) is 20.5. The van der Waals surface area contributed by atoms with Crippen molar-refractivity contribution in [1.82, 2.24) is 34.3 Å². The third-order valence-corrected chi connectivity index (χ3v) is 20.5. The number of hydrogen-bond donors (Lipinski definition) is 0. The van der Waals surface area contributed by atoms with Crippen molar-refractivity contribution in [2.45, 2.75) is 114 Å². The molecule has 3 heterocycles. The van der Waals surface area contributed by atoms with Gasteiger partial charge in [-0.1, -0.05) is 122 Å². The molecule has 548 valence electrons. The van der Waals surface area contributed by atoms with E-state index in [1.807, 2.05) is 118 Å². The van der Waals surface area contributed by atoms with E-state index in [4.69, 9.17) is 14.2 Å². The lowest BCUT2D eigenvalue weighted by atomic mass is 9.72. The van der Waals surface area contributed by atoms with Gasteiger partial charge in [-0.05, 0) is 171 Å². The zero-order chi connectivity index (χ0) is 73.6. The Morgan fingerprint density at radius 3 is 1.77 bits per heavy atom. The summed E-state index contributed by atoms with van der Waals surface area (Å²) in [4.78, 5) is 77.8. The molecular formula is C81H92F7N7O8. The van der Waals surface area contributed by atoms with E-state index in [1.165, 1.54) is 35.4 Å². The second kappa shape index (κ2) is 34.2. The first-order chi connectivity index (χ1) is 49.2. The number of fused-ring (bicyclic) bond motifs is 2. The van der Waals surface area contributed by atoms with Gasteiger partial charge in [0.2, 0.25) is 5.91 Å². The van der Waals surface area contributed by atoms with Gasteiger partial charge in [0, 0.05) is 102 Å². The van der Waals surface area contributed by atoms with E-state index >= 15 is 0 Å². The molecule has 7 aromatic rings. The van der Waals surface area contributed by atoms with Crippen molar-refractivity contribution in [1.29, 1.82) is 0 Å². The van der Waals surface area contributed by atoms with E-state index in [-0.39, 0.29) is 67.0 Å². The molecule has 0 saturated carbocycles. The standard InChI is InChI=1S/C43H52N4O4.C38H40F7N3O4/c1-5-25-45(3)42(49)36-19-15-33(16-20-36)31-44(2)32-34-17-21-37(22-18-34)43(50)46(4)28-29-47-26-23-39(24-27-47)51-41(48)30-38-13-9-10-14-40(38)35-11-7-6-8-12-35;1-3-46(2)33(49)22-51-32-20-25-6-4-5-7-31(25)35(32)12-15-47(16-13-35)17-14-36(27-8-10-30(39)11-9-27)23-48(24-52-36)34(50)26-18-28(37(40,41)42)21-29(19-26)38(43,44)45/h6-22,39H,5,23-32H2,1-4H3;4-11,18-19,21,32H,3,12-17,20,22-24H2,1-2H3/t;32-,36-/m.0/s1. The maximum Gasteiger partial charge on any atom is 0.416 e. The van der Waals surface area contributed by atoms with Crippen LogP contribution >= 0.6 is 0 Å². The Morgan fingerprint density at radius 1 is 0.612 bits per heavy atom. The second-order valence-corrected chi connectivity index (χ2v) is 27.6. The number of likely N-dealkylation sites (N-methyl/N-ethyl adjacent to an activating group) is 2. The number of piperidine rings is 2. The van der Waals surface area contributed by atoms with E-state index in [0.717, 1.165) is 104 Å². The van der Waals surface area contributed by atoms with Gasteiger partial charge in [0.05, 0.1) is 30.2 Å². The lowest BCUT2D eigenvalue weighted by Gasteiger charge is -2.44. The minimum absolute atomic E-state index is 0.00808. The van der Waals surface area contributed by atoms with Crippen LogP contribution in [0.4, 0.5) is 30.7 Å². The van der Waals surface area contributed by atoms with Crippen molar-refractivity contribution >= 4 is 29.6 Å². The van der Waals surface area contributed by atoms with Crippen molar-refractivity contribution in [3.8, 4) is 11.1 Å². The molecule has 15 nitrogen and oxygen atoms in total. The van der Waals surface area contributed by atoms with Crippen LogP contribution in [0.2, 0.25) is 0 Å². The van der Waals surface area contributed by atoms with Gasteiger partial charge in [-0.2, -0.15) is 26.3 Å². The first-order valence-electron chi connectivity index (χ1n) is 35.3. The summed E-state index contributed by atoms with van der Waals surface area (Å²) in [6.45, 7) is 11.1. The molecule has 4 aliphatic rings. The minimum atomic E-state index is -5.11. The van der Waals surface area contributed by atoms with Gasteiger partial charge >= 0.3 is 18.3 Å². The number of carbonyl (C=O) groups is 5. The number of carbonyl (C=O) groups excluding carboxylic acids is 5. The molecule has 103 heavy (non-hydrogen) atoms. The minimum Gasteiger partial charge on any atom is -0.462 e. The number of amides is 4. The van der Waals surface area contributed by atoms with Crippen LogP contribution in [0.5, 0.6) is 0 Å². The number of nitrogens with zero attached hydrogens (tertiary/aromatic N) is 7. The number of halogens is 7. The Morgan fingerprint density at radius 2 is 1.17 bits per heavy atom. The SMILES string of the molecule is CCCN(C)C(=O)c1ccc(CN(C)Cc2ccc(C(=O)N(C)CCN3CCC(OC(=O)Cc4ccccc4-c4ccccc4)CC3)cc2)cc1.CCN(C)C(=O)CO[C@H]1Cc2ccccc2C12CCN(CC[C@@]1(c3ccc(F)cc3)CN(C(=O)c3cc(C(F)(F)F)cc(C(F)(F)F)c3)CO1)CC2. The van der Waals surface area contributed by atoms with Gasteiger partial charge in [-0.15, -0.1) is 0 Å². The molecule has 7 aromatic carbocycles. The zero-order valence-corrected chi connectivity index (χ0v) is 59.4. The quantitative estimate of drug-likeness (QED) is 0.0422. The molecule has 0 radical (unpaired) electrons. The summed E-state index contributed by atoms with van der Waals surface area (Å²) in [7, 11) is 7.50. The molecule has 3 saturated heterocycles. The summed E-state index contributed by atoms with van der Waals surface area (Å²) >= 11 is 0. The summed E-state index contributed by atoms with van der Waals surface area (Å²) < 4.78 is 114. The van der Waals surface area contributed by atoms with Crippen LogP contribution in [0.1, 0.15) is 128 Å². The van der Waals surface area contributed by atoms with Gasteiger partial charge in [0.25, 0.3) is 17.7 Å². The largest absolute Gasteiger partial charge is 0.462 e. The van der Waals surface area contributed by atoms with Gasteiger partial charge in [-0.3, -0.25) is 28.9 Å². The predicted octanol–water partition coefficient (Wildman–Crippen LogP) is 13.8. The van der Waals surface area contributed by atoms with E-state index < -0.39 is 53.1 Å². The molecule has 0 N–H and O–H groups in total. The van der Waals surface area contributed by atoms with Gasteiger partial charge in [0.15, 0.2) is 0 Å². The van der Waals surface area contributed by atoms with Crippen LogP contribution in [-0.4, -0.2) is 183 Å². The number of likely N-dealkylation sites (tertiary alicyclic amines) is 2. The van der Waals surface area contributed by atoms with Crippen LogP contribution in [0.15, 0.2) is 170 Å². The van der Waals surface area contributed by atoms with E-state index in [1.54, 1.807) is 21.7 Å². The Kier molecular flexibility index (Phi) is 25.5. The van der Waals surface area contributed by atoms with Gasteiger partial charge in [-0.25, -0.2) is 4.39 Å². The number of ether oxygens (including phenoxy) is 3. The zero-order valence-electron chi connectivity index (χ0n) is 59.4. The molecule has 0 aromatic heterocycles. The van der Waals surface area contributed by atoms with Crippen LogP contribution in [0, 0.1) is 5.82 Å². The molecule has 2 atom stereocenters. The molecule has 11 rings (SSSR count). The number of alkyl halides is 6. The van der Waals surface area contributed by atoms with Crippen molar-refractivity contribution in [2.24, 2.45) is 0 Å². The highest BCUT2D eigenvalue weighted by molar-refractivity contribution is 5.95. The summed E-state index contributed by atoms with van der Waals surface area (Å²) in [6.07, 6.45) is -5.21. The maximum atomic E-state index is 14.0. The van der Waals surface area contributed by atoms with E-state index in [2.05, 4.69) is 59.0 Å². The van der Waals surface area contributed by atoms with Crippen molar-refractivity contribution in [2.75, 3.05) is 107 Å². The number of rotatable bonds is 24. The maximum absolute atomic E-state index is 14.0. The molecule has 0 unspecified atom stereocenters. The van der Waals surface area contributed by atoms with E-state index in [0.29, 0.717) is 74.4 Å². The Bertz CT molecular complexity index is 3980. The molecule has 4 amide bonds. The lowest BCUT2D eigenvalue weighted by molar-refractivity contribution is -0.150. The summed E-state index contributed by atoms with van der Waals surface area (Å²) in [5.41, 5.74) is 4.30. The number of hydrogen-bond acceptors (Lipinski definition) is 11. The Hall–Kier alpha value is -8.80. The lowest BCUT2D eigenvalue weighted by Crippen LogP contribution is -2.49. The number of esters is 1. The van der Waals surface area contributed by atoms with Crippen LogP contribution in [-0.2, 0) is 73.1 Å². The Labute approximate surface area is 599 Å². The van der Waals surface area contributed by atoms with E-state index in [9.17, 15) is 54.7 Å². The predicted molar refractivity (Wildman–Crippen MR) is 380 cm³/mol. The summed E-state index contributed by atoms with van der Waals surface area (Å²) in [5.74, 6) is -1.77. The average molecular weight is 1420 g/mol. The second-order valence-electron chi connectivity index (χ2n) is 27.6. The Balaban J connectivity index is 0.000000221. The molecule has 0 bridgehead atoms. The normalized spacial score (nSPS) is 17.7. The van der Waals surface area contributed by atoms with Gasteiger partial charge < -0.3 is 43.6 Å². The van der Waals surface area contributed by atoms with Gasteiger partial charge in [0.1, 0.15) is 30.9 Å². The highest BCUT2D eigenvalue weighted by Gasteiger charge is 2.50. The van der Waals surface area contributed by atoms with Crippen molar-refractivity contribution < 1.29 is 68.9 Å². The molecule has 3 aliphatic heterocycles. The van der Waals surface area contributed by atoms with Crippen LogP contribution in [0.25, 0.3) is 11.1 Å². The molecular weight excluding hydrogens is 1330 g/mol. The third kappa shape index (κ3) is 19.5. The smallest absolute Gasteiger partial charge is 0.416 e. The number of benzene rings is 7. The first-order valence-corrected chi connectivity index (χ1v) is 35.3. The fourth-order valence-corrected chi connectivity index (χ4v) is 14.4. The summed E-state index contributed by atoms with van der Waals surface area (Å²) in [5, 5.41) is 0. The molecule has 22 heteroatoms. The van der Waals surface area contributed by atoms with Crippen molar-refractivity contribution in [3.05, 3.63) is 237 Å². The highest BCUT2D eigenvalue weighted by Crippen LogP contribution is 2.49. The topological polar surface area (TPSA) is 136 Å². The van der Waals surface area contributed by atoms with Crippen LogP contribution < -0.4 is 0 Å². The average Bonchev–Trinajstić information content (AvgIpc) is 1.61. The molecule has 1 aliphatic carbocycles. The van der Waals surface area contributed by atoms with Crippen molar-refractivity contribution in [3.63, 3.8) is 0 Å². The fraction of sp³-hybridized carbons (Fsp3) is 0.420. The monoisotopic (exact) mass is 1420 g/mol. The van der Waals surface area contributed by atoms with Crippen LogP contribution in [0.3, 0.4) is 0 Å².